The van der Waals surface area contributed by atoms with Crippen LogP contribution in [0.25, 0.3) is 0 Å². The van der Waals surface area contributed by atoms with Crippen LogP contribution in [-0.2, 0) is 11.2 Å². The van der Waals surface area contributed by atoms with Gasteiger partial charge in [0.05, 0.1) is 0 Å². The van der Waals surface area contributed by atoms with Gasteiger partial charge in [0.1, 0.15) is 0 Å². The van der Waals surface area contributed by atoms with E-state index in [1.54, 1.807) is 0 Å². The van der Waals surface area contributed by atoms with Crippen molar-refractivity contribution in [2.45, 2.75) is 12.6 Å². The van der Waals surface area contributed by atoms with Gasteiger partial charge in [-0.3, -0.25) is 0 Å². The van der Waals surface area contributed by atoms with Crippen molar-refractivity contribution in [1.29, 1.82) is 0 Å². The Hall–Kier alpha value is -1.20. The molecular formula is C11H7Cl2F3O2. The Kier molecular flexibility index (Phi) is 4.65. The Morgan fingerprint density at radius 3 is 2.11 bits per heavy atom. The van der Waals surface area contributed by atoms with Crippen LogP contribution in [0, 0.1) is 0 Å². The Bertz CT molecular complexity index is 475. The summed E-state index contributed by atoms with van der Waals surface area (Å²) in [5.74, 6) is -1.66. The van der Waals surface area contributed by atoms with Crippen molar-refractivity contribution in [3.8, 4) is 0 Å². The predicted octanol–water partition coefficient (Wildman–Crippen LogP) is 4.11. The average molecular weight is 299 g/mol. The van der Waals surface area contributed by atoms with Crippen LogP contribution in [0.1, 0.15) is 5.56 Å². The second-order valence-corrected chi connectivity index (χ2v) is 4.33. The molecule has 1 rings (SSSR count). The Morgan fingerprint density at radius 2 is 1.72 bits per heavy atom. The smallest absolute Gasteiger partial charge is 0.413 e. The molecule has 0 aliphatic rings. The Morgan fingerprint density at radius 1 is 1.22 bits per heavy atom. The molecule has 0 aliphatic carbocycles. The van der Waals surface area contributed by atoms with E-state index in [1.807, 2.05) is 0 Å². The van der Waals surface area contributed by atoms with Gasteiger partial charge in [-0.15, -0.1) is 0 Å². The highest BCUT2D eigenvalue weighted by molar-refractivity contribution is 6.34. The van der Waals surface area contributed by atoms with E-state index in [4.69, 9.17) is 28.3 Å². The van der Waals surface area contributed by atoms with E-state index in [0.717, 1.165) is 0 Å². The molecule has 18 heavy (non-hydrogen) atoms. The summed E-state index contributed by atoms with van der Waals surface area (Å²) in [7, 11) is 0. The predicted molar refractivity (Wildman–Crippen MR) is 61.9 cm³/mol. The molecule has 2 nitrogen and oxygen atoms in total. The third-order valence-corrected chi connectivity index (χ3v) is 2.42. The minimum atomic E-state index is -4.72. The lowest BCUT2D eigenvalue weighted by Gasteiger charge is -2.11. The maximum absolute atomic E-state index is 12.6. The molecule has 0 atom stereocenters. The first-order valence-corrected chi connectivity index (χ1v) is 5.40. The van der Waals surface area contributed by atoms with Crippen LogP contribution in [0.4, 0.5) is 13.2 Å². The summed E-state index contributed by atoms with van der Waals surface area (Å²) in [6.45, 7) is 0. The minimum Gasteiger partial charge on any atom is -0.478 e. The fourth-order valence-corrected chi connectivity index (χ4v) is 1.89. The van der Waals surface area contributed by atoms with Gasteiger partial charge in [-0.25, -0.2) is 4.79 Å². The Labute approximate surface area is 111 Å². The Balaban J connectivity index is 3.08. The van der Waals surface area contributed by atoms with Crippen LogP contribution >= 0.6 is 23.2 Å². The summed E-state index contributed by atoms with van der Waals surface area (Å²) >= 11 is 11.3. The SMILES string of the molecule is O=C(O)/C=C(\Cc1cc(Cl)cc(Cl)c1)C(F)(F)F. The van der Waals surface area contributed by atoms with Crippen LogP contribution in [0.3, 0.4) is 0 Å². The van der Waals surface area contributed by atoms with Crippen LogP contribution in [-0.4, -0.2) is 17.3 Å². The molecule has 0 unspecified atom stereocenters. The van der Waals surface area contributed by atoms with Gasteiger partial charge in [0.25, 0.3) is 0 Å². The third-order valence-electron chi connectivity index (χ3n) is 1.98. The number of carboxylic acids is 1. The van der Waals surface area contributed by atoms with E-state index in [-0.39, 0.29) is 21.7 Å². The number of hydrogen-bond acceptors (Lipinski definition) is 1. The van der Waals surface area contributed by atoms with Crippen molar-refractivity contribution in [2.24, 2.45) is 0 Å². The molecule has 0 aromatic heterocycles. The van der Waals surface area contributed by atoms with E-state index in [0.29, 0.717) is 0 Å². The molecule has 1 aromatic rings. The highest BCUT2D eigenvalue weighted by Gasteiger charge is 2.34. The number of benzene rings is 1. The van der Waals surface area contributed by atoms with Gasteiger partial charge in [-0.05, 0) is 23.8 Å². The fraction of sp³-hybridized carbons (Fsp3) is 0.182. The normalized spacial score (nSPS) is 12.6. The molecule has 0 heterocycles. The fourth-order valence-electron chi connectivity index (χ4n) is 1.32. The lowest BCUT2D eigenvalue weighted by atomic mass is 10.0. The van der Waals surface area contributed by atoms with Gasteiger partial charge in [0, 0.05) is 28.1 Å². The van der Waals surface area contributed by atoms with Gasteiger partial charge >= 0.3 is 12.1 Å². The van der Waals surface area contributed by atoms with E-state index in [2.05, 4.69) is 0 Å². The molecule has 1 aromatic carbocycles. The van der Waals surface area contributed by atoms with Crippen molar-refractivity contribution >= 4 is 29.2 Å². The van der Waals surface area contributed by atoms with E-state index in [9.17, 15) is 18.0 Å². The van der Waals surface area contributed by atoms with Gasteiger partial charge < -0.3 is 5.11 Å². The zero-order valence-corrected chi connectivity index (χ0v) is 10.3. The summed E-state index contributed by atoms with van der Waals surface area (Å²) in [5.41, 5.74) is -0.981. The van der Waals surface area contributed by atoms with Crippen molar-refractivity contribution in [3.05, 3.63) is 45.5 Å². The third kappa shape index (κ3) is 4.58. The molecule has 0 saturated carbocycles. The van der Waals surface area contributed by atoms with E-state index >= 15 is 0 Å². The highest BCUT2D eigenvalue weighted by atomic mass is 35.5. The summed E-state index contributed by atoms with van der Waals surface area (Å²) in [4.78, 5) is 10.4. The van der Waals surface area contributed by atoms with Crippen molar-refractivity contribution < 1.29 is 23.1 Å². The first-order valence-electron chi connectivity index (χ1n) is 4.64. The zero-order chi connectivity index (χ0) is 13.9. The number of halogens is 5. The van der Waals surface area contributed by atoms with Crippen molar-refractivity contribution in [2.75, 3.05) is 0 Å². The molecule has 0 amide bonds. The minimum absolute atomic E-state index is 0.134. The molecule has 0 saturated heterocycles. The molecule has 0 fully saturated rings. The topological polar surface area (TPSA) is 37.3 Å². The van der Waals surface area contributed by atoms with Crippen LogP contribution in [0.15, 0.2) is 29.8 Å². The van der Waals surface area contributed by atoms with E-state index < -0.39 is 24.1 Å². The maximum Gasteiger partial charge on any atom is 0.413 e. The summed E-state index contributed by atoms with van der Waals surface area (Å²) in [5, 5.41) is 8.78. The summed E-state index contributed by atoms with van der Waals surface area (Å²) in [6.07, 6.45) is -5.18. The van der Waals surface area contributed by atoms with Crippen LogP contribution < -0.4 is 0 Å². The summed E-state index contributed by atoms with van der Waals surface area (Å²) < 4.78 is 37.7. The van der Waals surface area contributed by atoms with Crippen molar-refractivity contribution in [3.63, 3.8) is 0 Å². The second kappa shape index (κ2) is 5.63. The first-order chi connectivity index (χ1) is 8.18. The number of alkyl halides is 3. The largest absolute Gasteiger partial charge is 0.478 e. The maximum atomic E-state index is 12.6. The first kappa shape index (κ1) is 14.9. The molecular weight excluding hydrogens is 292 g/mol. The van der Waals surface area contributed by atoms with Gasteiger partial charge in [-0.1, -0.05) is 23.2 Å². The lowest BCUT2D eigenvalue weighted by molar-refractivity contribution is -0.132. The number of carboxylic acid groups (broad SMARTS) is 1. The average Bonchev–Trinajstić information content (AvgIpc) is 2.12. The highest BCUT2D eigenvalue weighted by Crippen LogP contribution is 2.30. The lowest BCUT2D eigenvalue weighted by Crippen LogP contribution is -2.15. The number of allylic oxidation sites excluding steroid dienone is 1. The molecule has 0 bridgehead atoms. The van der Waals surface area contributed by atoms with Crippen molar-refractivity contribution in [1.82, 2.24) is 0 Å². The number of carbonyl (C=O) groups is 1. The standard InChI is InChI=1S/C11H7Cl2F3O2/c12-8-2-6(3-9(13)5-8)1-7(4-10(17)18)11(14,15)16/h2-5H,1H2,(H,17,18)/b7-4+. The number of aliphatic carboxylic acids is 1. The van der Waals surface area contributed by atoms with Gasteiger partial charge in [-0.2, -0.15) is 13.2 Å². The van der Waals surface area contributed by atoms with E-state index in [1.165, 1.54) is 18.2 Å². The van der Waals surface area contributed by atoms with Gasteiger partial charge in [0.2, 0.25) is 0 Å². The molecule has 7 heteroatoms. The quantitative estimate of drug-likeness (QED) is 0.853. The number of rotatable bonds is 3. The monoisotopic (exact) mass is 298 g/mol. The van der Waals surface area contributed by atoms with Crippen LogP contribution in [0.2, 0.25) is 10.0 Å². The molecule has 0 spiro atoms. The number of hydrogen-bond donors (Lipinski definition) is 1. The second-order valence-electron chi connectivity index (χ2n) is 3.46. The molecule has 0 radical (unpaired) electrons. The molecule has 98 valence electrons. The summed E-state index contributed by atoms with van der Waals surface area (Å²) in [6, 6.07) is 3.98. The molecule has 1 N–H and O–H groups in total. The zero-order valence-electron chi connectivity index (χ0n) is 8.76. The van der Waals surface area contributed by atoms with Crippen LogP contribution in [0.5, 0.6) is 0 Å². The van der Waals surface area contributed by atoms with Gasteiger partial charge in [0.15, 0.2) is 0 Å². The molecule has 0 aliphatic heterocycles.